The average molecular weight is 467 g/mol. The lowest BCUT2D eigenvalue weighted by atomic mass is 10.1. The van der Waals surface area contributed by atoms with Crippen molar-refractivity contribution >= 4 is 46.8 Å². The SMILES string of the molecule is Cc1ccc(SCC(=O)N(Cc2c(Cl)cccc2Cl)[C@@H](C)C(=O)NC(C)(C)C)cc1. The molecule has 162 valence electrons. The highest BCUT2D eigenvalue weighted by Crippen LogP contribution is 2.27. The van der Waals surface area contributed by atoms with Crippen LogP contribution in [0, 0.1) is 6.92 Å². The molecule has 0 heterocycles. The molecular weight excluding hydrogens is 439 g/mol. The molecule has 2 amide bonds. The predicted molar refractivity (Wildman–Crippen MR) is 126 cm³/mol. The van der Waals surface area contributed by atoms with E-state index in [-0.39, 0.29) is 24.1 Å². The van der Waals surface area contributed by atoms with Gasteiger partial charge >= 0.3 is 0 Å². The first-order valence-corrected chi connectivity index (χ1v) is 11.5. The molecule has 2 aromatic carbocycles. The summed E-state index contributed by atoms with van der Waals surface area (Å²) in [5.41, 5.74) is 1.39. The van der Waals surface area contributed by atoms with E-state index in [0.29, 0.717) is 15.6 Å². The number of hydrogen-bond donors (Lipinski definition) is 1. The van der Waals surface area contributed by atoms with E-state index in [1.54, 1.807) is 25.1 Å². The minimum absolute atomic E-state index is 0.157. The number of amides is 2. The van der Waals surface area contributed by atoms with Gasteiger partial charge < -0.3 is 10.2 Å². The van der Waals surface area contributed by atoms with Gasteiger partial charge in [-0.15, -0.1) is 11.8 Å². The Hall–Kier alpha value is -1.69. The van der Waals surface area contributed by atoms with E-state index >= 15 is 0 Å². The number of carbonyl (C=O) groups is 2. The van der Waals surface area contributed by atoms with E-state index in [1.807, 2.05) is 52.0 Å². The highest BCUT2D eigenvalue weighted by Gasteiger charge is 2.29. The van der Waals surface area contributed by atoms with Gasteiger partial charge in [0.15, 0.2) is 0 Å². The van der Waals surface area contributed by atoms with Crippen molar-refractivity contribution in [3.05, 3.63) is 63.6 Å². The summed E-state index contributed by atoms with van der Waals surface area (Å²) in [6.45, 7) is 9.61. The monoisotopic (exact) mass is 466 g/mol. The molecule has 2 rings (SSSR count). The third-order valence-electron chi connectivity index (χ3n) is 4.44. The van der Waals surface area contributed by atoms with Gasteiger partial charge in [0.1, 0.15) is 6.04 Å². The van der Waals surface area contributed by atoms with E-state index in [2.05, 4.69) is 5.32 Å². The Balaban J connectivity index is 2.23. The standard InChI is InChI=1S/C23H28Cl2N2O2S/c1-15-9-11-17(12-10-15)30-14-21(28)27(16(2)22(29)26-23(3,4)5)13-18-19(24)7-6-8-20(18)25/h6-12,16H,13-14H2,1-5H3,(H,26,29)/t16-/m0/s1. The van der Waals surface area contributed by atoms with Crippen molar-refractivity contribution in [2.24, 2.45) is 0 Å². The molecule has 1 N–H and O–H groups in total. The van der Waals surface area contributed by atoms with Crippen LogP contribution in [0.2, 0.25) is 10.0 Å². The summed E-state index contributed by atoms with van der Waals surface area (Å²) in [4.78, 5) is 28.5. The van der Waals surface area contributed by atoms with Gasteiger partial charge in [-0.05, 0) is 58.9 Å². The van der Waals surface area contributed by atoms with E-state index in [0.717, 1.165) is 10.5 Å². The van der Waals surface area contributed by atoms with Crippen LogP contribution in [-0.2, 0) is 16.1 Å². The molecule has 0 aliphatic rings. The van der Waals surface area contributed by atoms with Crippen LogP contribution >= 0.6 is 35.0 Å². The van der Waals surface area contributed by atoms with Crippen molar-refractivity contribution < 1.29 is 9.59 Å². The van der Waals surface area contributed by atoms with E-state index in [1.165, 1.54) is 16.7 Å². The molecule has 0 aliphatic heterocycles. The molecule has 0 fully saturated rings. The van der Waals surface area contributed by atoms with Crippen molar-refractivity contribution in [1.82, 2.24) is 10.2 Å². The first-order chi connectivity index (χ1) is 14.0. The molecule has 0 unspecified atom stereocenters. The van der Waals surface area contributed by atoms with Crippen LogP contribution in [0.25, 0.3) is 0 Å². The van der Waals surface area contributed by atoms with E-state index in [4.69, 9.17) is 23.2 Å². The Bertz CT molecular complexity index is 875. The summed E-state index contributed by atoms with van der Waals surface area (Å²) < 4.78 is 0. The van der Waals surface area contributed by atoms with Gasteiger partial charge in [-0.3, -0.25) is 9.59 Å². The summed E-state index contributed by atoms with van der Waals surface area (Å²) in [5.74, 6) is -0.175. The maximum Gasteiger partial charge on any atom is 0.242 e. The Kier molecular flexibility index (Phi) is 8.65. The summed E-state index contributed by atoms with van der Waals surface area (Å²) in [6.07, 6.45) is 0. The van der Waals surface area contributed by atoms with Gasteiger partial charge in [0, 0.05) is 32.6 Å². The molecule has 7 heteroatoms. The zero-order chi connectivity index (χ0) is 22.5. The van der Waals surface area contributed by atoms with Gasteiger partial charge in [0.25, 0.3) is 0 Å². The topological polar surface area (TPSA) is 49.4 Å². The number of benzene rings is 2. The van der Waals surface area contributed by atoms with Crippen LogP contribution in [0.1, 0.15) is 38.8 Å². The Morgan fingerprint density at radius 3 is 2.17 bits per heavy atom. The number of halogens is 2. The van der Waals surface area contributed by atoms with Crippen LogP contribution < -0.4 is 5.32 Å². The number of carbonyl (C=O) groups excluding carboxylic acids is 2. The van der Waals surface area contributed by atoms with E-state index < -0.39 is 11.6 Å². The smallest absolute Gasteiger partial charge is 0.242 e. The predicted octanol–water partition coefficient (Wildman–Crippen LogP) is 5.73. The Morgan fingerprint density at radius 1 is 1.07 bits per heavy atom. The molecule has 2 aromatic rings. The molecule has 30 heavy (non-hydrogen) atoms. The summed E-state index contributed by atoms with van der Waals surface area (Å²) in [6, 6.07) is 12.5. The quantitative estimate of drug-likeness (QED) is 0.530. The van der Waals surface area contributed by atoms with Gasteiger partial charge in [-0.1, -0.05) is 47.0 Å². The van der Waals surface area contributed by atoms with Gasteiger partial charge in [0.2, 0.25) is 11.8 Å². The van der Waals surface area contributed by atoms with E-state index in [9.17, 15) is 9.59 Å². The summed E-state index contributed by atoms with van der Waals surface area (Å²) in [5, 5.41) is 3.88. The Morgan fingerprint density at radius 2 is 1.63 bits per heavy atom. The van der Waals surface area contributed by atoms with Crippen LogP contribution in [0.5, 0.6) is 0 Å². The molecule has 0 spiro atoms. The lowest BCUT2D eigenvalue weighted by Crippen LogP contribution is -2.52. The highest BCUT2D eigenvalue weighted by atomic mass is 35.5. The molecule has 0 bridgehead atoms. The van der Waals surface area contributed by atoms with Crippen molar-refractivity contribution in [3.63, 3.8) is 0 Å². The lowest BCUT2D eigenvalue weighted by Gasteiger charge is -2.32. The first kappa shape index (κ1) is 24.6. The second-order valence-corrected chi connectivity index (χ2v) is 10.1. The minimum Gasteiger partial charge on any atom is -0.350 e. The number of rotatable bonds is 7. The molecule has 4 nitrogen and oxygen atoms in total. The number of aryl methyl sites for hydroxylation is 1. The maximum absolute atomic E-state index is 13.2. The third-order valence-corrected chi connectivity index (χ3v) is 6.14. The lowest BCUT2D eigenvalue weighted by molar-refractivity contribution is -0.139. The fourth-order valence-electron chi connectivity index (χ4n) is 2.77. The van der Waals surface area contributed by atoms with Crippen molar-refractivity contribution in [1.29, 1.82) is 0 Å². The van der Waals surface area contributed by atoms with Crippen LogP contribution in [0.3, 0.4) is 0 Å². The summed E-state index contributed by atoms with van der Waals surface area (Å²) in [7, 11) is 0. The van der Waals surface area contributed by atoms with Crippen LogP contribution in [-0.4, -0.2) is 34.0 Å². The van der Waals surface area contributed by atoms with Crippen molar-refractivity contribution in [3.8, 4) is 0 Å². The fraction of sp³-hybridized carbons (Fsp3) is 0.391. The average Bonchev–Trinajstić information content (AvgIpc) is 2.65. The number of nitrogens with one attached hydrogen (secondary N) is 1. The second kappa shape index (κ2) is 10.6. The molecular formula is C23H28Cl2N2O2S. The molecule has 0 aromatic heterocycles. The molecule has 0 saturated carbocycles. The van der Waals surface area contributed by atoms with Crippen LogP contribution in [0.15, 0.2) is 47.4 Å². The zero-order valence-electron chi connectivity index (χ0n) is 18.0. The first-order valence-electron chi connectivity index (χ1n) is 9.72. The molecule has 1 atom stereocenters. The molecule has 0 saturated heterocycles. The fourth-order valence-corrected chi connectivity index (χ4v) is 4.07. The summed E-state index contributed by atoms with van der Waals surface area (Å²) >= 11 is 14.1. The van der Waals surface area contributed by atoms with Crippen molar-refractivity contribution in [2.45, 2.75) is 57.6 Å². The normalized spacial score (nSPS) is 12.4. The number of nitrogens with zero attached hydrogens (tertiary/aromatic N) is 1. The number of hydrogen-bond acceptors (Lipinski definition) is 3. The Labute approximate surface area is 193 Å². The highest BCUT2D eigenvalue weighted by molar-refractivity contribution is 8.00. The maximum atomic E-state index is 13.2. The van der Waals surface area contributed by atoms with Gasteiger partial charge in [-0.2, -0.15) is 0 Å². The van der Waals surface area contributed by atoms with Crippen molar-refractivity contribution in [2.75, 3.05) is 5.75 Å². The van der Waals surface area contributed by atoms with Gasteiger partial charge in [-0.25, -0.2) is 0 Å². The molecule has 0 radical (unpaired) electrons. The minimum atomic E-state index is -0.678. The largest absolute Gasteiger partial charge is 0.350 e. The molecule has 0 aliphatic carbocycles. The zero-order valence-corrected chi connectivity index (χ0v) is 20.3. The van der Waals surface area contributed by atoms with Gasteiger partial charge in [0.05, 0.1) is 5.75 Å². The third kappa shape index (κ3) is 7.22. The second-order valence-electron chi connectivity index (χ2n) is 8.24. The number of thioether (sulfide) groups is 1. The van der Waals surface area contributed by atoms with Crippen LogP contribution in [0.4, 0.5) is 0 Å².